The Kier molecular flexibility index (Phi) is 3.14. The van der Waals surface area contributed by atoms with Gasteiger partial charge < -0.3 is 4.90 Å². The molecule has 2 unspecified atom stereocenters. The highest BCUT2D eigenvalue weighted by atomic mass is 16.2. The number of fused-ring (bicyclic) bond motifs is 1. The van der Waals surface area contributed by atoms with Crippen molar-refractivity contribution in [2.45, 2.75) is 31.2 Å². The molecule has 3 aliphatic rings. The van der Waals surface area contributed by atoms with Crippen molar-refractivity contribution in [3.05, 3.63) is 12.2 Å². The van der Waals surface area contributed by atoms with Crippen LogP contribution in [0.2, 0.25) is 0 Å². The largest absolute Gasteiger partial charge is 0.306 e. The second-order valence-corrected chi connectivity index (χ2v) is 6.11. The highest BCUT2D eigenvalue weighted by Gasteiger charge is 2.55. The monoisotopic (exact) mass is 273 g/mol. The first-order valence-corrected chi connectivity index (χ1v) is 7.22. The minimum atomic E-state index is -0.919. The zero-order valence-electron chi connectivity index (χ0n) is 11.7. The maximum atomic E-state index is 12.6. The smallest absolute Gasteiger partial charge is 0.234 e. The van der Waals surface area contributed by atoms with Crippen LogP contribution >= 0.6 is 0 Å². The van der Waals surface area contributed by atoms with Crippen LogP contribution in [0.4, 0.5) is 0 Å². The Labute approximate surface area is 118 Å². The Morgan fingerprint density at radius 1 is 1.15 bits per heavy atom. The zero-order chi connectivity index (χ0) is 14.3. The summed E-state index contributed by atoms with van der Waals surface area (Å²) in [6.07, 6.45) is 6.34. The molecule has 3 rings (SSSR count). The van der Waals surface area contributed by atoms with Crippen LogP contribution in [-0.4, -0.2) is 47.3 Å². The van der Waals surface area contributed by atoms with Crippen LogP contribution < -0.4 is 0 Å². The van der Waals surface area contributed by atoms with Gasteiger partial charge in [0.2, 0.25) is 11.8 Å². The summed E-state index contributed by atoms with van der Waals surface area (Å²) in [6, 6.07) is 2.29. The number of allylic oxidation sites excluding steroid dienone is 2. The van der Waals surface area contributed by atoms with Gasteiger partial charge in [0.05, 0.1) is 17.9 Å². The molecule has 5 heteroatoms. The van der Waals surface area contributed by atoms with Gasteiger partial charge >= 0.3 is 0 Å². The molecule has 2 heterocycles. The molecule has 2 fully saturated rings. The predicted octanol–water partition coefficient (Wildman–Crippen LogP) is 0.926. The molecule has 2 amide bonds. The van der Waals surface area contributed by atoms with E-state index in [2.05, 4.69) is 11.0 Å². The van der Waals surface area contributed by atoms with Crippen LogP contribution in [0.15, 0.2) is 12.2 Å². The Balaban J connectivity index is 1.91. The van der Waals surface area contributed by atoms with Gasteiger partial charge in [-0.2, -0.15) is 5.26 Å². The number of hydrogen-bond acceptors (Lipinski definition) is 4. The zero-order valence-corrected chi connectivity index (χ0v) is 11.7. The summed E-state index contributed by atoms with van der Waals surface area (Å²) in [6.45, 7) is 1.50. The first kappa shape index (κ1) is 13.3. The van der Waals surface area contributed by atoms with Gasteiger partial charge in [0.1, 0.15) is 5.54 Å². The number of imide groups is 1. The van der Waals surface area contributed by atoms with E-state index in [0.717, 1.165) is 13.1 Å². The van der Waals surface area contributed by atoms with Crippen molar-refractivity contribution in [2.75, 3.05) is 20.1 Å². The van der Waals surface area contributed by atoms with Crippen molar-refractivity contribution >= 4 is 11.8 Å². The average molecular weight is 273 g/mol. The van der Waals surface area contributed by atoms with Crippen molar-refractivity contribution in [1.29, 1.82) is 5.26 Å². The highest BCUT2D eigenvalue weighted by molar-refractivity contribution is 6.06. The average Bonchev–Trinajstić information content (AvgIpc) is 2.74. The van der Waals surface area contributed by atoms with Gasteiger partial charge in [0.25, 0.3) is 0 Å². The Hall–Kier alpha value is -1.67. The Bertz CT molecular complexity index is 486. The quantitative estimate of drug-likeness (QED) is 0.526. The summed E-state index contributed by atoms with van der Waals surface area (Å²) in [5, 5.41) is 9.63. The molecule has 0 aromatic carbocycles. The van der Waals surface area contributed by atoms with E-state index in [-0.39, 0.29) is 23.7 Å². The van der Waals surface area contributed by atoms with E-state index >= 15 is 0 Å². The minimum Gasteiger partial charge on any atom is -0.306 e. The molecular weight excluding hydrogens is 254 g/mol. The summed E-state index contributed by atoms with van der Waals surface area (Å²) < 4.78 is 0. The van der Waals surface area contributed by atoms with Gasteiger partial charge in [-0.1, -0.05) is 12.2 Å². The minimum absolute atomic E-state index is 0.129. The number of amides is 2. The number of likely N-dealkylation sites (tertiary alicyclic amines) is 2. The fourth-order valence-electron chi connectivity index (χ4n) is 3.60. The standard InChI is InChI=1S/C15H19N3O2/c1-17-8-6-15(10-16,7-9-17)18-13(19)11-4-2-3-5-12(11)14(18)20/h2-3,11-12H,4-9H2,1H3. The maximum absolute atomic E-state index is 12.6. The maximum Gasteiger partial charge on any atom is 0.234 e. The molecule has 0 aromatic rings. The molecule has 106 valence electrons. The van der Waals surface area contributed by atoms with Gasteiger partial charge in [-0.3, -0.25) is 14.5 Å². The first-order chi connectivity index (χ1) is 9.59. The Morgan fingerprint density at radius 3 is 2.10 bits per heavy atom. The molecule has 2 aliphatic heterocycles. The van der Waals surface area contributed by atoms with E-state index in [1.165, 1.54) is 4.90 Å². The van der Waals surface area contributed by atoms with Crippen molar-refractivity contribution in [3.8, 4) is 6.07 Å². The van der Waals surface area contributed by atoms with Gasteiger partial charge in [0, 0.05) is 13.1 Å². The van der Waals surface area contributed by atoms with E-state index < -0.39 is 5.54 Å². The summed E-state index contributed by atoms with van der Waals surface area (Å²) in [7, 11) is 2.00. The summed E-state index contributed by atoms with van der Waals surface area (Å²) >= 11 is 0. The van der Waals surface area contributed by atoms with Crippen LogP contribution in [0.3, 0.4) is 0 Å². The lowest BCUT2D eigenvalue weighted by atomic mass is 9.85. The van der Waals surface area contributed by atoms with E-state index in [0.29, 0.717) is 25.7 Å². The number of piperidine rings is 1. The van der Waals surface area contributed by atoms with E-state index in [4.69, 9.17) is 0 Å². The second-order valence-electron chi connectivity index (χ2n) is 6.11. The number of carbonyl (C=O) groups excluding carboxylic acids is 2. The van der Waals surface area contributed by atoms with Gasteiger partial charge in [-0.15, -0.1) is 0 Å². The SMILES string of the molecule is CN1CCC(C#N)(N2C(=O)C3CC=CCC3C2=O)CC1. The van der Waals surface area contributed by atoms with Crippen LogP contribution in [0.5, 0.6) is 0 Å². The molecule has 0 aromatic heterocycles. The number of hydrogen-bond donors (Lipinski definition) is 0. The lowest BCUT2D eigenvalue weighted by Crippen LogP contribution is -2.56. The lowest BCUT2D eigenvalue weighted by molar-refractivity contribution is -0.146. The summed E-state index contributed by atoms with van der Waals surface area (Å²) in [5.41, 5.74) is -0.919. The van der Waals surface area contributed by atoms with Crippen LogP contribution in [0.25, 0.3) is 0 Å². The number of carbonyl (C=O) groups is 2. The summed E-state index contributed by atoms with van der Waals surface area (Å²) in [4.78, 5) is 28.7. The molecular formula is C15H19N3O2. The number of nitriles is 1. The molecule has 0 spiro atoms. The van der Waals surface area contributed by atoms with E-state index in [1.807, 2.05) is 19.2 Å². The first-order valence-electron chi connectivity index (χ1n) is 7.22. The third kappa shape index (κ3) is 1.79. The topological polar surface area (TPSA) is 64.4 Å². The van der Waals surface area contributed by atoms with Crippen LogP contribution in [0, 0.1) is 23.2 Å². The van der Waals surface area contributed by atoms with Crippen molar-refractivity contribution in [2.24, 2.45) is 11.8 Å². The molecule has 0 radical (unpaired) electrons. The van der Waals surface area contributed by atoms with Crippen molar-refractivity contribution in [3.63, 3.8) is 0 Å². The van der Waals surface area contributed by atoms with Crippen LogP contribution in [-0.2, 0) is 9.59 Å². The van der Waals surface area contributed by atoms with E-state index in [1.54, 1.807) is 0 Å². The second kappa shape index (κ2) is 4.71. The van der Waals surface area contributed by atoms with Crippen molar-refractivity contribution < 1.29 is 9.59 Å². The molecule has 1 aliphatic carbocycles. The van der Waals surface area contributed by atoms with Crippen LogP contribution in [0.1, 0.15) is 25.7 Å². The predicted molar refractivity (Wildman–Crippen MR) is 72.3 cm³/mol. The fraction of sp³-hybridized carbons (Fsp3) is 0.667. The third-order valence-electron chi connectivity index (χ3n) is 4.96. The molecule has 20 heavy (non-hydrogen) atoms. The molecule has 2 saturated heterocycles. The summed E-state index contributed by atoms with van der Waals surface area (Å²) in [5.74, 6) is -0.735. The molecule has 2 atom stereocenters. The number of nitrogens with zero attached hydrogens (tertiary/aromatic N) is 3. The lowest BCUT2D eigenvalue weighted by Gasteiger charge is -2.40. The van der Waals surface area contributed by atoms with Gasteiger partial charge in [-0.05, 0) is 32.7 Å². The molecule has 0 saturated carbocycles. The Morgan fingerprint density at radius 2 is 1.65 bits per heavy atom. The molecule has 0 N–H and O–H groups in total. The molecule has 0 bridgehead atoms. The van der Waals surface area contributed by atoms with E-state index in [9.17, 15) is 14.9 Å². The van der Waals surface area contributed by atoms with Gasteiger partial charge in [-0.25, -0.2) is 0 Å². The normalized spacial score (nSPS) is 33.1. The molecule has 5 nitrogen and oxygen atoms in total. The van der Waals surface area contributed by atoms with Gasteiger partial charge in [0.15, 0.2) is 0 Å². The highest BCUT2D eigenvalue weighted by Crippen LogP contribution is 2.41. The number of rotatable bonds is 1. The fourth-order valence-corrected chi connectivity index (χ4v) is 3.60. The third-order valence-corrected chi connectivity index (χ3v) is 4.96. The van der Waals surface area contributed by atoms with Crippen molar-refractivity contribution in [1.82, 2.24) is 9.80 Å².